The molecule has 6 heteroatoms. The average molecular weight is 220 g/mol. The number of carbonyl (C=O) groups is 1. The Morgan fingerprint density at radius 1 is 1.33 bits per heavy atom. The van der Waals surface area contributed by atoms with Crippen LogP contribution in [0.2, 0.25) is 0 Å². The monoisotopic (exact) mass is 220 g/mol. The van der Waals surface area contributed by atoms with Crippen molar-refractivity contribution in [2.24, 2.45) is 5.73 Å². The van der Waals surface area contributed by atoms with E-state index >= 15 is 0 Å². The molecule has 0 aliphatic rings. The number of rotatable bonds is 9. The van der Waals surface area contributed by atoms with Gasteiger partial charge in [-0.3, -0.25) is 4.90 Å². The number of primary amides is 1. The number of amides is 1. The summed E-state index contributed by atoms with van der Waals surface area (Å²) in [4.78, 5) is 12.3. The van der Waals surface area contributed by atoms with E-state index in [1.165, 1.54) is 0 Å². The SMILES string of the molecule is COCCN(CCO)CCCOC(N)=O. The molecule has 90 valence electrons. The minimum absolute atomic E-state index is 0.111. The highest BCUT2D eigenvalue weighted by Gasteiger charge is 2.03. The quantitative estimate of drug-likeness (QED) is 0.507. The highest BCUT2D eigenvalue weighted by Crippen LogP contribution is 1.92. The highest BCUT2D eigenvalue weighted by molar-refractivity contribution is 5.64. The number of aliphatic hydroxyl groups is 1. The van der Waals surface area contributed by atoms with Gasteiger partial charge in [-0.05, 0) is 6.42 Å². The standard InChI is InChI=1S/C9H20N2O4/c1-14-8-5-11(4-6-12)3-2-7-15-9(10)13/h12H,2-8H2,1H3,(H2,10,13). The Hall–Kier alpha value is -0.850. The first-order valence-electron chi connectivity index (χ1n) is 4.95. The predicted molar refractivity (Wildman–Crippen MR) is 55.6 cm³/mol. The molecule has 0 aromatic rings. The fourth-order valence-electron chi connectivity index (χ4n) is 1.16. The molecular formula is C9H20N2O4. The molecule has 0 aliphatic heterocycles. The van der Waals surface area contributed by atoms with Gasteiger partial charge in [0, 0.05) is 26.7 Å². The number of methoxy groups -OCH3 is 1. The lowest BCUT2D eigenvalue weighted by atomic mass is 10.4. The van der Waals surface area contributed by atoms with Gasteiger partial charge in [0.25, 0.3) is 0 Å². The van der Waals surface area contributed by atoms with E-state index in [0.717, 1.165) is 13.1 Å². The van der Waals surface area contributed by atoms with Crippen molar-refractivity contribution in [3.63, 3.8) is 0 Å². The number of nitrogens with two attached hydrogens (primary N) is 1. The Morgan fingerprint density at radius 3 is 2.60 bits per heavy atom. The van der Waals surface area contributed by atoms with Crippen LogP contribution in [0.5, 0.6) is 0 Å². The second-order valence-electron chi connectivity index (χ2n) is 3.08. The van der Waals surface area contributed by atoms with Crippen LogP contribution in [0.15, 0.2) is 0 Å². The molecule has 0 saturated carbocycles. The summed E-state index contributed by atoms with van der Waals surface area (Å²) >= 11 is 0. The fraction of sp³-hybridized carbons (Fsp3) is 0.889. The van der Waals surface area contributed by atoms with Crippen LogP contribution < -0.4 is 5.73 Å². The number of ether oxygens (including phenoxy) is 2. The molecule has 0 bridgehead atoms. The van der Waals surface area contributed by atoms with Crippen molar-refractivity contribution in [1.82, 2.24) is 4.90 Å². The Kier molecular flexibility index (Phi) is 9.15. The zero-order valence-corrected chi connectivity index (χ0v) is 9.15. The van der Waals surface area contributed by atoms with E-state index in [2.05, 4.69) is 4.74 Å². The van der Waals surface area contributed by atoms with Crippen LogP contribution >= 0.6 is 0 Å². The van der Waals surface area contributed by atoms with Crippen LogP contribution in [0.4, 0.5) is 4.79 Å². The van der Waals surface area contributed by atoms with Gasteiger partial charge in [-0.1, -0.05) is 0 Å². The minimum Gasteiger partial charge on any atom is -0.450 e. The molecule has 0 unspecified atom stereocenters. The van der Waals surface area contributed by atoms with E-state index in [4.69, 9.17) is 15.6 Å². The Bertz CT molecular complexity index is 166. The summed E-state index contributed by atoms with van der Waals surface area (Å²) in [6.45, 7) is 3.14. The number of aliphatic hydroxyl groups excluding tert-OH is 1. The highest BCUT2D eigenvalue weighted by atomic mass is 16.5. The molecule has 3 N–H and O–H groups in total. The van der Waals surface area contributed by atoms with Gasteiger partial charge in [-0.25, -0.2) is 4.79 Å². The van der Waals surface area contributed by atoms with Crippen LogP contribution in [0.1, 0.15) is 6.42 Å². The first-order valence-corrected chi connectivity index (χ1v) is 4.95. The van der Waals surface area contributed by atoms with Crippen molar-refractivity contribution < 1.29 is 19.4 Å². The summed E-state index contributed by atoms with van der Waals surface area (Å²) in [7, 11) is 1.63. The van der Waals surface area contributed by atoms with Crippen molar-refractivity contribution in [3.8, 4) is 0 Å². The maximum Gasteiger partial charge on any atom is 0.404 e. The van der Waals surface area contributed by atoms with Gasteiger partial charge >= 0.3 is 6.09 Å². The smallest absolute Gasteiger partial charge is 0.404 e. The van der Waals surface area contributed by atoms with Crippen molar-refractivity contribution >= 4 is 6.09 Å². The van der Waals surface area contributed by atoms with Gasteiger partial charge in [-0.15, -0.1) is 0 Å². The van der Waals surface area contributed by atoms with E-state index < -0.39 is 6.09 Å². The lowest BCUT2D eigenvalue weighted by Crippen LogP contribution is -2.32. The van der Waals surface area contributed by atoms with Crippen LogP contribution in [0, 0.1) is 0 Å². The van der Waals surface area contributed by atoms with Gasteiger partial charge in [-0.2, -0.15) is 0 Å². The Balaban J connectivity index is 3.51. The molecule has 0 atom stereocenters. The maximum atomic E-state index is 10.3. The molecule has 0 heterocycles. The number of nitrogens with zero attached hydrogens (tertiary/aromatic N) is 1. The number of hydrogen-bond acceptors (Lipinski definition) is 5. The number of carbonyl (C=O) groups excluding carboxylic acids is 1. The summed E-state index contributed by atoms with van der Waals surface area (Å²) in [6, 6.07) is 0. The van der Waals surface area contributed by atoms with E-state index in [0.29, 0.717) is 26.2 Å². The zero-order chi connectivity index (χ0) is 11.5. The first kappa shape index (κ1) is 14.2. The van der Waals surface area contributed by atoms with Crippen LogP contribution in [0.25, 0.3) is 0 Å². The largest absolute Gasteiger partial charge is 0.450 e. The fourth-order valence-corrected chi connectivity index (χ4v) is 1.16. The van der Waals surface area contributed by atoms with Gasteiger partial charge in [0.15, 0.2) is 0 Å². The lowest BCUT2D eigenvalue weighted by molar-refractivity contribution is 0.117. The maximum absolute atomic E-state index is 10.3. The molecule has 0 radical (unpaired) electrons. The predicted octanol–water partition coefficient (Wildman–Crippen LogP) is -0.587. The molecule has 0 aliphatic carbocycles. The third kappa shape index (κ3) is 9.45. The molecule has 0 aromatic carbocycles. The third-order valence-electron chi connectivity index (χ3n) is 1.89. The van der Waals surface area contributed by atoms with Crippen molar-refractivity contribution in [2.75, 3.05) is 46.6 Å². The van der Waals surface area contributed by atoms with Crippen LogP contribution in [0.3, 0.4) is 0 Å². The zero-order valence-electron chi connectivity index (χ0n) is 9.15. The first-order chi connectivity index (χ1) is 7.20. The second kappa shape index (κ2) is 9.70. The molecule has 0 aromatic heterocycles. The van der Waals surface area contributed by atoms with Crippen LogP contribution in [-0.2, 0) is 9.47 Å². The average Bonchev–Trinajstić information content (AvgIpc) is 2.20. The summed E-state index contributed by atoms with van der Waals surface area (Å²) in [6.07, 6.45) is -0.0484. The van der Waals surface area contributed by atoms with E-state index in [1.54, 1.807) is 7.11 Å². The summed E-state index contributed by atoms with van der Waals surface area (Å²) in [5, 5.41) is 8.79. The lowest BCUT2D eigenvalue weighted by Gasteiger charge is -2.20. The molecular weight excluding hydrogens is 200 g/mol. The molecule has 0 saturated heterocycles. The molecule has 0 fully saturated rings. The van der Waals surface area contributed by atoms with Crippen LogP contribution in [-0.4, -0.2) is 62.7 Å². The van der Waals surface area contributed by atoms with E-state index in [9.17, 15) is 4.79 Å². The van der Waals surface area contributed by atoms with Crippen molar-refractivity contribution in [3.05, 3.63) is 0 Å². The molecule has 0 spiro atoms. The third-order valence-corrected chi connectivity index (χ3v) is 1.89. The summed E-state index contributed by atoms with van der Waals surface area (Å²) in [5.74, 6) is 0. The molecule has 0 rings (SSSR count). The van der Waals surface area contributed by atoms with Gasteiger partial charge in [0.2, 0.25) is 0 Å². The van der Waals surface area contributed by atoms with Crippen molar-refractivity contribution in [2.45, 2.75) is 6.42 Å². The summed E-state index contributed by atoms with van der Waals surface area (Å²) < 4.78 is 9.53. The molecule has 6 nitrogen and oxygen atoms in total. The number of hydrogen-bond donors (Lipinski definition) is 2. The Morgan fingerprint density at radius 2 is 2.07 bits per heavy atom. The second-order valence-corrected chi connectivity index (χ2v) is 3.08. The van der Waals surface area contributed by atoms with Crippen molar-refractivity contribution in [1.29, 1.82) is 0 Å². The van der Waals surface area contributed by atoms with Gasteiger partial charge in [0.05, 0.1) is 19.8 Å². The van der Waals surface area contributed by atoms with Gasteiger partial charge in [0.1, 0.15) is 0 Å². The Labute approximate surface area is 89.9 Å². The normalized spacial score (nSPS) is 10.6. The summed E-state index contributed by atoms with van der Waals surface area (Å²) in [5.41, 5.74) is 4.81. The van der Waals surface area contributed by atoms with E-state index in [-0.39, 0.29) is 6.61 Å². The molecule has 1 amide bonds. The van der Waals surface area contributed by atoms with Gasteiger partial charge < -0.3 is 20.3 Å². The topological polar surface area (TPSA) is 85.0 Å². The van der Waals surface area contributed by atoms with E-state index in [1.807, 2.05) is 4.90 Å². The minimum atomic E-state index is -0.749. The molecule has 15 heavy (non-hydrogen) atoms.